The third-order valence-corrected chi connectivity index (χ3v) is 5.61. The molecule has 0 aliphatic carbocycles. The van der Waals surface area contributed by atoms with E-state index >= 15 is 0 Å². The summed E-state index contributed by atoms with van der Waals surface area (Å²) in [7, 11) is 2.65. The second-order valence-electron chi connectivity index (χ2n) is 7.09. The number of fused-ring (bicyclic) bond motifs is 1. The normalized spacial score (nSPS) is 10.6. The molecule has 0 aliphatic heterocycles. The molecule has 1 N–H and O–H groups in total. The number of aromatic nitrogens is 1. The first-order valence-corrected chi connectivity index (χ1v) is 10.9. The maximum Gasteiger partial charge on any atom is 0.426 e. The van der Waals surface area contributed by atoms with Crippen molar-refractivity contribution in [2.24, 2.45) is 0 Å². The molecule has 0 saturated heterocycles. The number of hydrogen-bond acceptors (Lipinski definition) is 5. The smallest absolute Gasteiger partial charge is 0.426 e. The lowest BCUT2D eigenvalue weighted by Crippen LogP contribution is -2.47. The summed E-state index contributed by atoms with van der Waals surface area (Å²) in [4.78, 5) is 31.0. The molecule has 7 nitrogen and oxygen atoms in total. The van der Waals surface area contributed by atoms with E-state index in [9.17, 15) is 9.59 Å². The molecule has 4 rings (SSSR count). The number of methoxy groups -OCH3 is 2. The first-order chi connectivity index (χ1) is 16.4. The summed E-state index contributed by atoms with van der Waals surface area (Å²) in [6.07, 6.45) is -0.870. The maximum absolute atomic E-state index is 14.1. The maximum atomic E-state index is 14.1. The molecule has 0 aliphatic rings. The van der Waals surface area contributed by atoms with Gasteiger partial charge in [-0.2, -0.15) is 0 Å². The zero-order valence-electron chi connectivity index (χ0n) is 18.2. The van der Waals surface area contributed by atoms with Crippen LogP contribution in [0.3, 0.4) is 0 Å². The molecule has 1 heterocycles. The second-order valence-corrected chi connectivity index (χ2v) is 7.94. The topological polar surface area (TPSA) is 80.8 Å². The SMILES string of the molecule is COC(=O)NN(C(=O)c1c(OC)c(-c2ccccc2)nc2ccccc12)c1cc(Cl)ccc1Cl. The summed E-state index contributed by atoms with van der Waals surface area (Å²) < 4.78 is 10.5. The highest BCUT2D eigenvalue weighted by Crippen LogP contribution is 2.38. The lowest BCUT2D eigenvalue weighted by Gasteiger charge is -2.25. The molecule has 172 valence electrons. The fourth-order valence-electron chi connectivity index (χ4n) is 3.52. The van der Waals surface area contributed by atoms with Gasteiger partial charge in [0.25, 0.3) is 5.91 Å². The first kappa shape index (κ1) is 23.4. The number of halogens is 2. The Bertz CT molecular complexity index is 1380. The Morgan fingerprint density at radius 2 is 1.65 bits per heavy atom. The molecule has 0 bridgehead atoms. The lowest BCUT2D eigenvalue weighted by molar-refractivity contribution is 0.0963. The zero-order valence-corrected chi connectivity index (χ0v) is 19.7. The molecule has 3 aromatic carbocycles. The van der Waals surface area contributed by atoms with Gasteiger partial charge in [-0.1, -0.05) is 71.7 Å². The zero-order chi connectivity index (χ0) is 24.2. The van der Waals surface area contributed by atoms with Crippen molar-refractivity contribution in [1.82, 2.24) is 10.4 Å². The van der Waals surface area contributed by atoms with Crippen LogP contribution in [0.5, 0.6) is 5.75 Å². The molecule has 0 atom stereocenters. The fraction of sp³-hybridized carbons (Fsp3) is 0.0800. The van der Waals surface area contributed by atoms with Gasteiger partial charge in [0, 0.05) is 16.0 Å². The van der Waals surface area contributed by atoms with Crippen LogP contribution in [-0.2, 0) is 4.74 Å². The number of nitrogens with one attached hydrogen (secondary N) is 1. The van der Waals surface area contributed by atoms with Gasteiger partial charge in [-0.05, 0) is 24.3 Å². The van der Waals surface area contributed by atoms with E-state index in [4.69, 9.17) is 37.7 Å². The van der Waals surface area contributed by atoms with E-state index < -0.39 is 12.0 Å². The summed E-state index contributed by atoms with van der Waals surface area (Å²) >= 11 is 12.5. The van der Waals surface area contributed by atoms with Gasteiger partial charge in [-0.15, -0.1) is 0 Å². The number of pyridine rings is 1. The van der Waals surface area contributed by atoms with Crippen LogP contribution in [0.1, 0.15) is 10.4 Å². The Labute approximate surface area is 205 Å². The van der Waals surface area contributed by atoms with Gasteiger partial charge in [-0.25, -0.2) is 20.2 Å². The number of hydrazine groups is 1. The van der Waals surface area contributed by atoms with Gasteiger partial charge >= 0.3 is 6.09 Å². The molecule has 0 radical (unpaired) electrons. The van der Waals surface area contributed by atoms with Gasteiger partial charge in [0.1, 0.15) is 5.69 Å². The van der Waals surface area contributed by atoms with Crippen molar-refractivity contribution in [2.75, 3.05) is 19.2 Å². The average molecular weight is 496 g/mol. The first-order valence-electron chi connectivity index (χ1n) is 10.1. The predicted molar refractivity (Wildman–Crippen MR) is 133 cm³/mol. The van der Waals surface area contributed by atoms with Crippen LogP contribution in [0.15, 0.2) is 72.8 Å². The molecule has 0 spiro atoms. The Balaban J connectivity index is 2.00. The van der Waals surface area contributed by atoms with Gasteiger partial charge in [0.05, 0.1) is 36.0 Å². The number of rotatable bonds is 4. The van der Waals surface area contributed by atoms with Gasteiger partial charge in [-0.3, -0.25) is 4.79 Å². The Morgan fingerprint density at radius 1 is 0.941 bits per heavy atom. The number of anilines is 1. The Kier molecular flexibility index (Phi) is 6.86. The highest BCUT2D eigenvalue weighted by molar-refractivity contribution is 6.36. The molecule has 0 unspecified atom stereocenters. The molecule has 4 aromatic rings. The van der Waals surface area contributed by atoms with Crippen LogP contribution in [0.25, 0.3) is 22.2 Å². The Morgan fingerprint density at radius 3 is 2.35 bits per heavy atom. The number of para-hydroxylation sites is 1. The van der Waals surface area contributed by atoms with Crippen molar-refractivity contribution < 1.29 is 19.1 Å². The number of ether oxygens (including phenoxy) is 2. The largest absolute Gasteiger partial charge is 0.494 e. The van der Waals surface area contributed by atoms with Crippen LogP contribution in [0.4, 0.5) is 10.5 Å². The summed E-state index contributed by atoms with van der Waals surface area (Å²) in [5.41, 5.74) is 4.57. The fourth-order valence-corrected chi connectivity index (χ4v) is 3.89. The quantitative estimate of drug-likeness (QED) is 0.344. The van der Waals surface area contributed by atoms with Gasteiger partial charge in [0.15, 0.2) is 5.75 Å². The van der Waals surface area contributed by atoms with E-state index in [1.165, 1.54) is 26.4 Å². The third-order valence-electron chi connectivity index (χ3n) is 5.05. The number of hydrogen-bond donors (Lipinski definition) is 1. The molecule has 0 saturated carbocycles. The van der Waals surface area contributed by atoms with Crippen molar-refractivity contribution in [3.8, 4) is 17.0 Å². The summed E-state index contributed by atoms with van der Waals surface area (Å²) in [6, 6.07) is 21.1. The van der Waals surface area contributed by atoms with Gasteiger partial charge < -0.3 is 9.47 Å². The monoisotopic (exact) mass is 495 g/mol. The van der Waals surface area contributed by atoms with Crippen LogP contribution < -0.4 is 15.2 Å². The van der Waals surface area contributed by atoms with E-state index in [0.29, 0.717) is 21.6 Å². The molecule has 9 heteroatoms. The number of benzene rings is 3. The van der Waals surface area contributed by atoms with E-state index in [1.807, 2.05) is 36.4 Å². The molecular weight excluding hydrogens is 477 g/mol. The predicted octanol–water partition coefficient (Wildman–Crippen LogP) is 6.14. The van der Waals surface area contributed by atoms with Crippen LogP contribution >= 0.6 is 23.2 Å². The number of amides is 2. The minimum atomic E-state index is -0.870. The Hall–Kier alpha value is -3.81. The van der Waals surface area contributed by atoms with Crippen molar-refractivity contribution in [3.63, 3.8) is 0 Å². The third kappa shape index (κ3) is 4.48. The van der Waals surface area contributed by atoms with Crippen LogP contribution in [-0.4, -0.2) is 31.2 Å². The van der Waals surface area contributed by atoms with Crippen molar-refractivity contribution >= 4 is 51.8 Å². The number of carbonyl (C=O) groups is 2. The molecule has 34 heavy (non-hydrogen) atoms. The highest BCUT2D eigenvalue weighted by Gasteiger charge is 2.30. The standard InChI is InChI=1S/C25H19Cl2N3O4/c1-33-23-21(17-10-6-7-11-19(17)28-22(23)15-8-4-3-5-9-15)24(31)30(29-25(32)34-2)20-14-16(26)12-13-18(20)27/h3-14H,1-2H3,(H,29,32). The van der Waals surface area contributed by atoms with Crippen molar-refractivity contribution in [2.45, 2.75) is 0 Å². The summed E-state index contributed by atoms with van der Waals surface area (Å²) in [6.45, 7) is 0. The molecule has 1 aromatic heterocycles. The van der Waals surface area contributed by atoms with E-state index in [2.05, 4.69) is 5.43 Å². The number of carbonyl (C=O) groups excluding carboxylic acids is 2. The highest BCUT2D eigenvalue weighted by atomic mass is 35.5. The minimum Gasteiger partial charge on any atom is -0.494 e. The summed E-state index contributed by atoms with van der Waals surface area (Å²) in [5, 5.41) is 2.02. The molecular formula is C25H19Cl2N3O4. The second kappa shape index (κ2) is 9.99. The van der Waals surface area contributed by atoms with E-state index in [1.54, 1.807) is 24.3 Å². The number of nitrogens with zero attached hydrogens (tertiary/aromatic N) is 2. The molecule has 2 amide bonds. The van der Waals surface area contributed by atoms with E-state index in [0.717, 1.165) is 10.6 Å². The molecule has 0 fully saturated rings. The van der Waals surface area contributed by atoms with Gasteiger partial charge in [0.2, 0.25) is 0 Å². The van der Waals surface area contributed by atoms with E-state index in [-0.39, 0.29) is 22.0 Å². The van der Waals surface area contributed by atoms with Crippen molar-refractivity contribution in [1.29, 1.82) is 0 Å². The minimum absolute atomic E-state index is 0.161. The van der Waals surface area contributed by atoms with Crippen molar-refractivity contribution in [3.05, 3.63) is 88.4 Å². The van der Waals surface area contributed by atoms with Crippen LogP contribution in [0, 0.1) is 0 Å². The lowest BCUT2D eigenvalue weighted by atomic mass is 10.0. The average Bonchev–Trinajstić information content (AvgIpc) is 2.87. The van der Waals surface area contributed by atoms with Crippen LogP contribution in [0.2, 0.25) is 10.0 Å². The summed E-state index contributed by atoms with van der Waals surface area (Å²) in [5.74, 6) is -0.382.